The molecule has 27 heavy (non-hydrogen) atoms. The summed E-state index contributed by atoms with van der Waals surface area (Å²) in [4.78, 5) is 24.1. The lowest BCUT2D eigenvalue weighted by molar-refractivity contribution is -0.227. The van der Waals surface area contributed by atoms with Crippen molar-refractivity contribution in [1.29, 1.82) is 0 Å². The molecule has 150 valence electrons. The molecule has 11 heteroatoms. The fraction of sp³-hybridized carbons (Fsp3) is 0.500. The Labute approximate surface area is 149 Å². The lowest BCUT2D eigenvalue weighted by Crippen LogP contribution is -2.49. The van der Waals surface area contributed by atoms with E-state index in [1.54, 1.807) is 0 Å². The van der Waals surface area contributed by atoms with E-state index in [0.717, 1.165) is 25.1 Å². The summed E-state index contributed by atoms with van der Waals surface area (Å²) in [6.45, 7) is -0.539. The number of carboxylic acids is 1. The largest absolute Gasteiger partial charge is 0.481 e. The molecule has 0 bridgehead atoms. The van der Waals surface area contributed by atoms with Crippen LogP contribution in [0.4, 0.5) is 26.3 Å². The number of amides is 1. The van der Waals surface area contributed by atoms with Crippen molar-refractivity contribution in [3.63, 3.8) is 0 Å². The summed E-state index contributed by atoms with van der Waals surface area (Å²) in [5, 5.41) is 8.98. The molecule has 0 aliphatic carbocycles. The first-order valence-electron chi connectivity index (χ1n) is 7.71. The number of carbonyl (C=O) groups excluding carboxylic acids is 1. The van der Waals surface area contributed by atoms with E-state index < -0.39 is 66.6 Å². The van der Waals surface area contributed by atoms with Crippen LogP contribution in [0.15, 0.2) is 24.3 Å². The number of aliphatic carboxylic acids is 1. The Morgan fingerprint density at radius 3 is 2.26 bits per heavy atom. The maximum atomic E-state index is 13.2. The second-order valence-electron chi connectivity index (χ2n) is 6.15. The third-order valence-corrected chi connectivity index (χ3v) is 4.38. The molecule has 1 fully saturated rings. The van der Waals surface area contributed by atoms with Crippen molar-refractivity contribution >= 4 is 11.9 Å². The first kappa shape index (κ1) is 20.8. The molecule has 2 atom stereocenters. The highest BCUT2D eigenvalue weighted by molar-refractivity contribution is 5.84. The van der Waals surface area contributed by atoms with Gasteiger partial charge in [0.1, 0.15) is 5.75 Å². The average Bonchev–Trinajstić information content (AvgIpc) is 3.00. The Morgan fingerprint density at radius 1 is 1.19 bits per heavy atom. The number of rotatable bonds is 4. The number of hydrogen-bond donors (Lipinski definition) is 1. The molecular formula is C16H15F6NO4. The van der Waals surface area contributed by atoms with E-state index in [0.29, 0.717) is 4.90 Å². The third kappa shape index (κ3) is 3.96. The smallest absolute Gasteiger partial charge is 0.419 e. The highest BCUT2D eigenvalue weighted by atomic mass is 19.4. The molecule has 1 N–H and O–H groups in total. The van der Waals surface area contributed by atoms with Gasteiger partial charge in [-0.1, -0.05) is 12.1 Å². The van der Waals surface area contributed by atoms with Crippen LogP contribution in [0, 0.1) is 5.41 Å². The van der Waals surface area contributed by atoms with Crippen molar-refractivity contribution in [3.8, 4) is 5.75 Å². The number of alkyl halides is 6. The minimum Gasteiger partial charge on any atom is -0.481 e. The lowest BCUT2D eigenvalue weighted by Gasteiger charge is -2.28. The van der Waals surface area contributed by atoms with Gasteiger partial charge in [-0.05, 0) is 25.5 Å². The van der Waals surface area contributed by atoms with Crippen LogP contribution in [0.2, 0.25) is 0 Å². The number of carbonyl (C=O) groups is 2. The van der Waals surface area contributed by atoms with Gasteiger partial charge in [-0.2, -0.15) is 26.3 Å². The number of hydrogen-bond acceptors (Lipinski definition) is 3. The van der Waals surface area contributed by atoms with Gasteiger partial charge in [0.05, 0.1) is 5.56 Å². The molecule has 1 heterocycles. The molecule has 1 aliphatic rings. The highest BCUT2D eigenvalue weighted by Gasteiger charge is 2.64. The minimum absolute atomic E-state index is 0.501. The molecular weight excluding hydrogens is 384 g/mol. The number of para-hydroxylation sites is 1. The summed E-state index contributed by atoms with van der Waals surface area (Å²) < 4.78 is 83.4. The van der Waals surface area contributed by atoms with Crippen LogP contribution in [0.1, 0.15) is 18.9 Å². The van der Waals surface area contributed by atoms with Gasteiger partial charge >= 0.3 is 18.3 Å². The van der Waals surface area contributed by atoms with Gasteiger partial charge < -0.3 is 14.7 Å². The first-order valence-corrected chi connectivity index (χ1v) is 7.71. The van der Waals surface area contributed by atoms with Gasteiger partial charge in [-0.25, -0.2) is 0 Å². The van der Waals surface area contributed by atoms with E-state index >= 15 is 0 Å². The zero-order chi connectivity index (χ0) is 20.6. The zero-order valence-electron chi connectivity index (χ0n) is 13.9. The molecule has 0 spiro atoms. The minimum atomic E-state index is -5.08. The van der Waals surface area contributed by atoms with Gasteiger partial charge in [0.2, 0.25) is 0 Å². The Balaban J connectivity index is 2.17. The van der Waals surface area contributed by atoms with E-state index in [-0.39, 0.29) is 0 Å². The number of carboxylic acid groups (broad SMARTS) is 1. The Hall–Kier alpha value is -2.46. The fourth-order valence-corrected chi connectivity index (χ4v) is 2.83. The first-order chi connectivity index (χ1) is 12.3. The van der Waals surface area contributed by atoms with Crippen LogP contribution >= 0.6 is 0 Å². The van der Waals surface area contributed by atoms with Gasteiger partial charge in [-0.15, -0.1) is 0 Å². The molecule has 1 aliphatic heterocycles. The zero-order valence-corrected chi connectivity index (χ0v) is 13.9. The summed E-state index contributed by atoms with van der Waals surface area (Å²) in [6.07, 6.45) is -12.2. The molecule has 0 aromatic heterocycles. The van der Waals surface area contributed by atoms with Crippen molar-refractivity contribution in [3.05, 3.63) is 29.8 Å². The fourth-order valence-electron chi connectivity index (χ4n) is 2.83. The monoisotopic (exact) mass is 399 g/mol. The number of benzene rings is 1. The van der Waals surface area contributed by atoms with Crippen LogP contribution < -0.4 is 4.74 Å². The molecule has 0 radical (unpaired) electrons. The summed E-state index contributed by atoms with van der Waals surface area (Å²) in [5.41, 5.74) is -4.24. The molecule has 2 rings (SSSR count). The van der Waals surface area contributed by atoms with E-state index in [9.17, 15) is 35.9 Å². The normalized spacial score (nSPS) is 21.8. The molecule has 5 nitrogen and oxygen atoms in total. The van der Waals surface area contributed by atoms with Crippen molar-refractivity contribution in [2.45, 2.75) is 31.8 Å². The van der Waals surface area contributed by atoms with Crippen LogP contribution in [0.5, 0.6) is 5.75 Å². The van der Waals surface area contributed by atoms with Crippen LogP contribution in [-0.4, -0.2) is 47.3 Å². The predicted octanol–water partition coefficient (Wildman–Crippen LogP) is 3.34. The van der Waals surface area contributed by atoms with Crippen LogP contribution in [0.25, 0.3) is 0 Å². The van der Waals surface area contributed by atoms with Crippen molar-refractivity contribution in [2.75, 3.05) is 13.1 Å². The van der Waals surface area contributed by atoms with Crippen molar-refractivity contribution in [2.24, 2.45) is 5.41 Å². The lowest BCUT2D eigenvalue weighted by atomic mass is 9.86. The van der Waals surface area contributed by atoms with Crippen molar-refractivity contribution < 1.29 is 45.8 Å². The Kier molecular flexibility index (Phi) is 5.35. The van der Waals surface area contributed by atoms with E-state index in [4.69, 9.17) is 9.84 Å². The number of nitrogens with zero attached hydrogens (tertiary/aromatic N) is 1. The molecule has 0 saturated carbocycles. The quantitative estimate of drug-likeness (QED) is 0.789. The Morgan fingerprint density at radius 2 is 1.78 bits per heavy atom. The Bertz CT molecular complexity index is 732. The van der Waals surface area contributed by atoms with Crippen LogP contribution in [-0.2, 0) is 15.8 Å². The third-order valence-electron chi connectivity index (χ3n) is 4.38. The van der Waals surface area contributed by atoms with E-state index in [1.807, 2.05) is 0 Å². The SMILES string of the molecule is CC(Oc1ccccc1C(F)(F)F)C(=O)N1CCC(C(=O)O)(C(F)(F)F)C1. The summed E-state index contributed by atoms with van der Waals surface area (Å²) >= 11 is 0. The average molecular weight is 399 g/mol. The molecule has 1 aromatic rings. The standard InChI is InChI=1S/C16H15F6NO4/c1-9(27-11-5-3-2-4-10(11)15(17,18)19)12(24)23-7-6-14(8-23,13(25)26)16(20,21)22/h2-5,9H,6-8H2,1H3,(H,25,26). The number of likely N-dealkylation sites (tertiary alicyclic amines) is 1. The number of ether oxygens (including phenoxy) is 1. The maximum absolute atomic E-state index is 13.2. The number of halogens is 6. The van der Waals surface area contributed by atoms with Crippen LogP contribution in [0.3, 0.4) is 0 Å². The van der Waals surface area contributed by atoms with E-state index in [1.165, 1.54) is 6.07 Å². The van der Waals surface area contributed by atoms with Crippen molar-refractivity contribution in [1.82, 2.24) is 4.90 Å². The summed E-state index contributed by atoms with van der Waals surface area (Å²) in [7, 11) is 0. The van der Waals surface area contributed by atoms with Gasteiger partial charge in [0, 0.05) is 13.1 Å². The topological polar surface area (TPSA) is 66.8 Å². The molecule has 1 amide bonds. The molecule has 1 aromatic carbocycles. The maximum Gasteiger partial charge on any atom is 0.419 e. The van der Waals surface area contributed by atoms with Gasteiger partial charge in [0.25, 0.3) is 5.91 Å². The predicted molar refractivity (Wildman–Crippen MR) is 78.9 cm³/mol. The van der Waals surface area contributed by atoms with E-state index in [2.05, 4.69) is 0 Å². The highest BCUT2D eigenvalue weighted by Crippen LogP contribution is 2.46. The molecule has 2 unspecified atom stereocenters. The summed E-state index contributed by atoms with van der Waals surface area (Å²) in [6, 6.07) is 4.08. The summed E-state index contributed by atoms with van der Waals surface area (Å²) in [5.74, 6) is -3.79. The second kappa shape index (κ2) is 6.93. The second-order valence-corrected chi connectivity index (χ2v) is 6.15. The van der Waals surface area contributed by atoms with Gasteiger partial charge in [-0.3, -0.25) is 9.59 Å². The molecule has 1 saturated heterocycles. The van der Waals surface area contributed by atoms with Gasteiger partial charge in [0.15, 0.2) is 11.5 Å².